The second-order valence-corrected chi connectivity index (χ2v) is 15.5. The molecule has 2 N–H and O–H groups in total. The Labute approximate surface area is 244 Å². The van der Waals surface area contributed by atoms with Crippen molar-refractivity contribution in [3.63, 3.8) is 0 Å². The SMILES string of the molecule is C[C@@H]1[C@@H]([Si](C)(C)O)[C@H](CC(=O)N(CCO)Cc2ccccc2)O[C@@H]1CCc1cccc(N(C=O)c2ccccc2)c1. The largest absolute Gasteiger partial charge is 0.432 e. The summed E-state index contributed by atoms with van der Waals surface area (Å²) in [5.74, 6) is 0.0189. The summed E-state index contributed by atoms with van der Waals surface area (Å²) in [7, 11) is -2.65. The lowest BCUT2D eigenvalue weighted by atomic mass is 9.95. The summed E-state index contributed by atoms with van der Waals surface area (Å²) in [4.78, 5) is 39.9. The molecule has 1 heterocycles. The molecule has 4 rings (SSSR count). The van der Waals surface area contributed by atoms with Crippen LogP contribution in [0.4, 0.5) is 11.4 Å². The minimum absolute atomic E-state index is 0.0772. The van der Waals surface area contributed by atoms with E-state index in [2.05, 4.69) is 13.0 Å². The molecule has 218 valence electrons. The van der Waals surface area contributed by atoms with Crippen LogP contribution in [-0.2, 0) is 27.3 Å². The van der Waals surface area contributed by atoms with Gasteiger partial charge in [-0.05, 0) is 67.2 Å². The van der Waals surface area contributed by atoms with Crippen molar-refractivity contribution in [1.29, 1.82) is 0 Å². The van der Waals surface area contributed by atoms with E-state index in [0.29, 0.717) is 6.54 Å². The van der Waals surface area contributed by atoms with Gasteiger partial charge in [0, 0.05) is 30.0 Å². The maximum atomic E-state index is 13.4. The summed E-state index contributed by atoms with van der Waals surface area (Å²) >= 11 is 0. The monoisotopic (exact) mass is 574 g/mol. The van der Waals surface area contributed by atoms with Crippen LogP contribution in [0.15, 0.2) is 84.9 Å². The van der Waals surface area contributed by atoms with E-state index >= 15 is 0 Å². The van der Waals surface area contributed by atoms with Crippen molar-refractivity contribution in [2.75, 3.05) is 18.1 Å². The van der Waals surface area contributed by atoms with E-state index < -0.39 is 8.32 Å². The molecule has 0 aromatic heterocycles. The van der Waals surface area contributed by atoms with Gasteiger partial charge in [0.25, 0.3) is 0 Å². The van der Waals surface area contributed by atoms with Crippen LogP contribution in [0, 0.1) is 5.92 Å². The van der Waals surface area contributed by atoms with Crippen molar-refractivity contribution in [2.45, 2.75) is 63.6 Å². The number of aryl methyl sites for hydroxylation is 1. The van der Waals surface area contributed by atoms with Crippen molar-refractivity contribution in [2.24, 2.45) is 5.92 Å². The van der Waals surface area contributed by atoms with E-state index in [1.54, 1.807) is 9.80 Å². The predicted molar refractivity (Wildman–Crippen MR) is 164 cm³/mol. The fourth-order valence-corrected chi connectivity index (χ4v) is 8.76. The van der Waals surface area contributed by atoms with Crippen LogP contribution in [0.1, 0.15) is 30.9 Å². The first-order chi connectivity index (χ1) is 19.7. The molecule has 1 aliphatic heterocycles. The van der Waals surface area contributed by atoms with Crippen LogP contribution in [-0.4, -0.2) is 60.8 Å². The highest BCUT2D eigenvalue weighted by molar-refractivity contribution is 6.71. The van der Waals surface area contributed by atoms with Crippen LogP contribution in [0.25, 0.3) is 0 Å². The van der Waals surface area contributed by atoms with E-state index in [1.807, 2.05) is 92.0 Å². The summed E-state index contributed by atoms with van der Waals surface area (Å²) in [6, 6.07) is 27.2. The number of rotatable bonds is 13. The van der Waals surface area contributed by atoms with E-state index in [1.165, 1.54) is 0 Å². The Kier molecular flexibility index (Phi) is 10.5. The number of amides is 2. The molecule has 3 aromatic carbocycles. The highest BCUT2D eigenvalue weighted by Gasteiger charge is 2.50. The van der Waals surface area contributed by atoms with Gasteiger partial charge in [-0.1, -0.05) is 67.6 Å². The van der Waals surface area contributed by atoms with Gasteiger partial charge in [-0.25, -0.2) is 0 Å². The Bertz CT molecular complexity index is 1270. The number of nitrogens with zero attached hydrogens (tertiary/aromatic N) is 2. The molecule has 0 unspecified atom stereocenters. The van der Waals surface area contributed by atoms with Crippen molar-refractivity contribution < 1.29 is 24.2 Å². The molecular weight excluding hydrogens is 532 g/mol. The molecule has 2 amide bonds. The van der Waals surface area contributed by atoms with E-state index in [-0.39, 0.29) is 49.1 Å². The molecule has 0 radical (unpaired) electrons. The van der Waals surface area contributed by atoms with Crippen molar-refractivity contribution in [1.82, 2.24) is 4.90 Å². The van der Waals surface area contributed by atoms with Gasteiger partial charge < -0.3 is 19.5 Å². The molecule has 41 heavy (non-hydrogen) atoms. The molecule has 1 aliphatic rings. The number of aliphatic hydroxyl groups is 1. The lowest BCUT2D eigenvalue weighted by molar-refractivity contribution is -0.135. The third-order valence-corrected chi connectivity index (χ3v) is 10.6. The van der Waals surface area contributed by atoms with E-state index in [9.17, 15) is 19.5 Å². The number of hydrogen-bond acceptors (Lipinski definition) is 5. The summed E-state index contributed by atoms with van der Waals surface area (Å²) in [5.41, 5.74) is 3.62. The van der Waals surface area contributed by atoms with E-state index in [0.717, 1.165) is 41.8 Å². The van der Waals surface area contributed by atoms with Gasteiger partial charge in [-0.15, -0.1) is 0 Å². The molecule has 1 fully saturated rings. The Morgan fingerprint density at radius 2 is 1.56 bits per heavy atom. The minimum Gasteiger partial charge on any atom is -0.432 e. The summed E-state index contributed by atoms with van der Waals surface area (Å²) in [6.45, 7) is 6.54. The standard InChI is InChI=1S/C33H42N2O5Si/c1-25-30(18-17-26-13-10-16-29(21-26)35(24-37)28-14-8-5-9-15-28)40-31(33(25)41(2,3)39)22-32(38)34(19-20-36)23-27-11-6-4-7-12-27/h4-16,21,24-25,30-31,33,36,39H,17-20,22-23H2,1-3H3/t25-,30+,31-,33+/m0/s1. The molecule has 4 atom stereocenters. The first-order valence-corrected chi connectivity index (χ1v) is 17.4. The third kappa shape index (κ3) is 7.92. The summed E-state index contributed by atoms with van der Waals surface area (Å²) in [5, 5.41) is 9.62. The fourth-order valence-electron chi connectivity index (χ4n) is 6.15. The number of carbonyl (C=O) groups excluding carboxylic acids is 2. The topological polar surface area (TPSA) is 90.3 Å². The fraction of sp³-hybridized carbons (Fsp3) is 0.394. The quantitative estimate of drug-likeness (QED) is 0.214. The van der Waals surface area contributed by atoms with Gasteiger partial charge >= 0.3 is 0 Å². The zero-order valence-corrected chi connectivity index (χ0v) is 25.2. The number of benzene rings is 3. The zero-order valence-electron chi connectivity index (χ0n) is 24.2. The van der Waals surface area contributed by atoms with Gasteiger partial charge in [0.2, 0.25) is 12.3 Å². The van der Waals surface area contributed by atoms with Crippen molar-refractivity contribution in [3.05, 3.63) is 96.1 Å². The molecule has 7 nitrogen and oxygen atoms in total. The average molecular weight is 575 g/mol. The maximum Gasteiger partial charge on any atom is 0.225 e. The average Bonchev–Trinajstić information content (AvgIpc) is 3.28. The molecule has 1 saturated heterocycles. The number of hydrogen-bond donors (Lipinski definition) is 2. The van der Waals surface area contributed by atoms with Crippen LogP contribution in [0.3, 0.4) is 0 Å². The number of anilines is 2. The Balaban J connectivity index is 1.45. The highest BCUT2D eigenvalue weighted by atomic mass is 28.4. The van der Waals surface area contributed by atoms with Gasteiger partial charge in [-0.2, -0.15) is 0 Å². The molecule has 0 saturated carbocycles. The maximum absolute atomic E-state index is 13.4. The summed E-state index contributed by atoms with van der Waals surface area (Å²) < 4.78 is 6.55. The van der Waals surface area contributed by atoms with Crippen LogP contribution in [0.2, 0.25) is 18.6 Å². The lowest BCUT2D eigenvalue weighted by Gasteiger charge is -2.31. The van der Waals surface area contributed by atoms with Crippen molar-refractivity contribution in [3.8, 4) is 0 Å². The second kappa shape index (κ2) is 14.0. The van der Waals surface area contributed by atoms with Gasteiger partial charge in [0.05, 0.1) is 25.2 Å². The summed E-state index contributed by atoms with van der Waals surface area (Å²) in [6.07, 6.45) is 2.02. The van der Waals surface area contributed by atoms with Gasteiger partial charge in [0.15, 0.2) is 8.32 Å². The Hall–Kier alpha value is -3.30. The number of para-hydroxylation sites is 1. The minimum atomic E-state index is -2.65. The molecule has 8 heteroatoms. The van der Waals surface area contributed by atoms with Crippen LogP contribution < -0.4 is 4.90 Å². The van der Waals surface area contributed by atoms with Crippen LogP contribution >= 0.6 is 0 Å². The number of aliphatic hydroxyl groups excluding tert-OH is 1. The number of ether oxygens (including phenoxy) is 1. The van der Waals surface area contributed by atoms with Gasteiger partial charge in [-0.3, -0.25) is 14.5 Å². The van der Waals surface area contributed by atoms with E-state index in [4.69, 9.17) is 4.74 Å². The first-order valence-electron chi connectivity index (χ1n) is 14.4. The molecule has 0 aliphatic carbocycles. The van der Waals surface area contributed by atoms with Gasteiger partial charge in [0.1, 0.15) is 0 Å². The molecule has 0 spiro atoms. The third-order valence-electron chi connectivity index (χ3n) is 8.08. The molecular formula is C33H42N2O5Si. The smallest absolute Gasteiger partial charge is 0.225 e. The number of carbonyl (C=O) groups is 2. The Morgan fingerprint density at radius 3 is 2.20 bits per heavy atom. The predicted octanol–water partition coefficient (Wildman–Crippen LogP) is 5.30. The normalized spacial score (nSPS) is 20.5. The highest BCUT2D eigenvalue weighted by Crippen LogP contribution is 2.45. The molecule has 0 bridgehead atoms. The van der Waals surface area contributed by atoms with Crippen molar-refractivity contribution >= 4 is 32.0 Å². The Morgan fingerprint density at radius 1 is 0.927 bits per heavy atom. The molecule has 3 aromatic rings. The second-order valence-electron chi connectivity index (χ2n) is 11.5. The lowest BCUT2D eigenvalue weighted by Crippen LogP contribution is -2.42. The first kappa shape index (κ1) is 30.7. The zero-order chi connectivity index (χ0) is 29.4. The van der Waals surface area contributed by atoms with Crippen LogP contribution in [0.5, 0.6) is 0 Å².